The lowest BCUT2D eigenvalue weighted by Crippen LogP contribution is -2.10. The Hall–Kier alpha value is -2.83. The Bertz CT molecular complexity index is 885. The highest BCUT2D eigenvalue weighted by Gasteiger charge is 2.11. The summed E-state index contributed by atoms with van der Waals surface area (Å²) in [6.45, 7) is 4.80. The van der Waals surface area contributed by atoms with Gasteiger partial charge in [-0.25, -0.2) is 0 Å². The van der Waals surface area contributed by atoms with Crippen LogP contribution in [-0.4, -0.2) is 38.9 Å². The molecule has 0 unspecified atom stereocenters. The molecule has 0 atom stereocenters. The van der Waals surface area contributed by atoms with Crippen LogP contribution in [0.25, 0.3) is 22.1 Å². The van der Waals surface area contributed by atoms with Crippen LogP contribution in [0.4, 0.5) is 0 Å². The van der Waals surface area contributed by atoms with E-state index in [1.807, 2.05) is 31.2 Å². The lowest BCUT2D eigenvalue weighted by atomic mass is 10.0. The second kappa shape index (κ2) is 9.21. The molecule has 6 nitrogen and oxygen atoms in total. The predicted octanol–water partition coefficient (Wildman–Crippen LogP) is 3.63. The molecule has 0 radical (unpaired) electrons. The molecule has 6 heteroatoms. The highest BCUT2D eigenvalue weighted by molar-refractivity contribution is 6.01. The van der Waals surface area contributed by atoms with Crippen molar-refractivity contribution in [1.82, 2.24) is 0 Å². The number of hydrogen-bond donors (Lipinski definition) is 1. The van der Waals surface area contributed by atoms with Crippen molar-refractivity contribution in [2.75, 3.05) is 33.0 Å². The standard InChI is InChI=1S/C21H23NO5/c1-2-24-9-10-25-11-12-26-17-6-3-15(4-7-17)19-14-27-20-8-5-16(21(22)23)13-18(19)20/h3-8,13-14H,2,9-12H2,1H3,(H2,22,23). The average Bonchev–Trinajstić information content (AvgIpc) is 3.11. The number of carbonyl (C=O) groups is 1. The number of carbonyl (C=O) groups excluding carboxylic acids is 1. The minimum Gasteiger partial charge on any atom is -0.491 e. The van der Waals surface area contributed by atoms with Gasteiger partial charge in [-0.05, 0) is 42.8 Å². The lowest BCUT2D eigenvalue weighted by molar-refractivity contribution is 0.0405. The molecule has 0 aliphatic rings. The Balaban J connectivity index is 1.61. The highest BCUT2D eigenvalue weighted by atomic mass is 16.5. The minimum absolute atomic E-state index is 0.453. The summed E-state index contributed by atoms with van der Waals surface area (Å²) < 4.78 is 21.9. The number of ether oxygens (including phenoxy) is 3. The normalized spacial score (nSPS) is 11.0. The van der Waals surface area contributed by atoms with Crippen LogP contribution in [0.3, 0.4) is 0 Å². The number of primary amides is 1. The van der Waals surface area contributed by atoms with Gasteiger partial charge < -0.3 is 24.4 Å². The predicted molar refractivity (Wildman–Crippen MR) is 103 cm³/mol. The number of amides is 1. The van der Waals surface area contributed by atoms with Crippen LogP contribution in [0.1, 0.15) is 17.3 Å². The molecule has 3 aromatic rings. The average molecular weight is 369 g/mol. The fourth-order valence-corrected chi connectivity index (χ4v) is 2.72. The van der Waals surface area contributed by atoms with Gasteiger partial charge in [0.15, 0.2) is 0 Å². The monoisotopic (exact) mass is 369 g/mol. The zero-order chi connectivity index (χ0) is 19.1. The maximum atomic E-state index is 11.4. The first-order valence-electron chi connectivity index (χ1n) is 8.89. The van der Waals surface area contributed by atoms with Crippen molar-refractivity contribution in [3.63, 3.8) is 0 Å². The number of furan rings is 1. The van der Waals surface area contributed by atoms with E-state index in [9.17, 15) is 4.79 Å². The van der Waals surface area contributed by atoms with E-state index in [4.69, 9.17) is 24.4 Å². The molecule has 0 aliphatic heterocycles. The minimum atomic E-state index is -0.462. The van der Waals surface area contributed by atoms with E-state index in [1.165, 1.54) is 0 Å². The van der Waals surface area contributed by atoms with Gasteiger partial charge in [0.05, 0.1) is 26.1 Å². The van der Waals surface area contributed by atoms with Gasteiger partial charge >= 0.3 is 0 Å². The van der Waals surface area contributed by atoms with Crippen molar-refractivity contribution in [2.24, 2.45) is 5.73 Å². The molecule has 0 fully saturated rings. The fraction of sp³-hybridized carbons (Fsp3) is 0.286. The fourth-order valence-electron chi connectivity index (χ4n) is 2.72. The number of benzene rings is 2. The van der Waals surface area contributed by atoms with Gasteiger partial charge in [-0.2, -0.15) is 0 Å². The van der Waals surface area contributed by atoms with Crippen LogP contribution in [0.15, 0.2) is 53.1 Å². The van der Waals surface area contributed by atoms with Gasteiger partial charge in [-0.1, -0.05) is 12.1 Å². The summed E-state index contributed by atoms with van der Waals surface area (Å²) in [4.78, 5) is 11.4. The van der Waals surface area contributed by atoms with Crippen LogP contribution in [0, 0.1) is 0 Å². The lowest BCUT2D eigenvalue weighted by Gasteiger charge is -2.08. The molecule has 0 bridgehead atoms. The van der Waals surface area contributed by atoms with E-state index in [1.54, 1.807) is 24.5 Å². The number of fused-ring (bicyclic) bond motifs is 1. The summed E-state index contributed by atoms with van der Waals surface area (Å²) in [5.74, 6) is 0.300. The molecule has 1 aromatic heterocycles. The summed E-state index contributed by atoms with van der Waals surface area (Å²) in [6.07, 6.45) is 1.68. The highest BCUT2D eigenvalue weighted by Crippen LogP contribution is 2.32. The smallest absolute Gasteiger partial charge is 0.248 e. The van der Waals surface area contributed by atoms with Crippen molar-refractivity contribution in [1.29, 1.82) is 0 Å². The van der Waals surface area contributed by atoms with Crippen LogP contribution < -0.4 is 10.5 Å². The largest absolute Gasteiger partial charge is 0.491 e. The maximum Gasteiger partial charge on any atom is 0.248 e. The Kier molecular flexibility index (Phi) is 6.46. The Morgan fingerprint density at radius 1 is 1.00 bits per heavy atom. The van der Waals surface area contributed by atoms with Crippen molar-refractivity contribution in [3.05, 3.63) is 54.3 Å². The van der Waals surface area contributed by atoms with Crippen LogP contribution in [-0.2, 0) is 9.47 Å². The van der Waals surface area contributed by atoms with Crippen LogP contribution in [0.2, 0.25) is 0 Å². The topological polar surface area (TPSA) is 83.9 Å². The third kappa shape index (κ3) is 4.87. The second-order valence-electron chi connectivity index (χ2n) is 5.91. The van der Waals surface area contributed by atoms with Gasteiger partial charge in [0.2, 0.25) is 5.91 Å². The van der Waals surface area contributed by atoms with Gasteiger partial charge in [-0.3, -0.25) is 4.79 Å². The van der Waals surface area contributed by atoms with Crippen molar-refractivity contribution >= 4 is 16.9 Å². The molecule has 2 aromatic carbocycles. The molecular formula is C21H23NO5. The van der Waals surface area contributed by atoms with Crippen LogP contribution in [0.5, 0.6) is 5.75 Å². The quantitative estimate of drug-likeness (QED) is 0.552. The molecular weight excluding hydrogens is 346 g/mol. The SMILES string of the molecule is CCOCCOCCOc1ccc(-c2coc3ccc(C(N)=O)cc23)cc1. The van der Waals surface area contributed by atoms with Gasteiger partial charge in [0, 0.05) is 23.1 Å². The molecule has 2 N–H and O–H groups in total. The summed E-state index contributed by atoms with van der Waals surface area (Å²) in [6, 6.07) is 12.9. The van der Waals surface area contributed by atoms with Gasteiger partial charge in [0.25, 0.3) is 0 Å². The third-order valence-corrected chi connectivity index (χ3v) is 4.10. The number of nitrogens with two attached hydrogens (primary N) is 1. The molecule has 142 valence electrons. The molecule has 0 saturated carbocycles. The van der Waals surface area contributed by atoms with E-state index in [2.05, 4.69) is 0 Å². The summed E-state index contributed by atoms with van der Waals surface area (Å²) in [5.41, 5.74) is 8.40. The first-order valence-corrected chi connectivity index (χ1v) is 8.89. The molecule has 3 rings (SSSR count). The Labute approximate surface area is 157 Å². The summed E-state index contributed by atoms with van der Waals surface area (Å²) in [5, 5.41) is 0.850. The molecule has 1 amide bonds. The van der Waals surface area contributed by atoms with Crippen molar-refractivity contribution in [2.45, 2.75) is 6.92 Å². The number of rotatable bonds is 10. The first-order chi connectivity index (χ1) is 13.2. The van der Waals surface area contributed by atoms with Gasteiger partial charge in [0.1, 0.15) is 17.9 Å². The second-order valence-corrected chi connectivity index (χ2v) is 5.91. The van der Waals surface area contributed by atoms with Crippen molar-refractivity contribution in [3.8, 4) is 16.9 Å². The molecule has 1 heterocycles. The van der Waals surface area contributed by atoms with E-state index in [0.717, 1.165) is 22.3 Å². The number of hydrogen-bond acceptors (Lipinski definition) is 5. The van der Waals surface area contributed by atoms with E-state index in [0.29, 0.717) is 44.2 Å². The molecule has 27 heavy (non-hydrogen) atoms. The Morgan fingerprint density at radius 2 is 1.74 bits per heavy atom. The van der Waals surface area contributed by atoms with Crippen molar-refractivity contribution < 1.29 is 23.4 Å². The molecule has 0 saturated heterocycles. The summed E-state index contributed by atoms with van der Waals surface area (Å²) >= 11 is 0. The van der Waals surface area contributed by atoms with E-state index >= 15 is 0 Å². The van der Waals surface area contributed by atoms with Gasteiger partial charge in [-0.15, -0.1) is 0 Å². The molecule has 0 aliphatic carbocycles. The van der Waals surface area contributed by atoms with E-state index in [-0.39, 0.29) is 0 Å². The zero-order valence-corrected chi connectivity index (χ0v) is 15.3. The third-order valence-electron chi connectivity index (χ3n) is 4.10. The van der Waals surface area contributed by atoms with Crippen LogP contribution >= 0.6 is 0 Å². The zero-order valence-electron chi connectivity index (χ0n) is 15.3. The Morgan fingerprint density at radius 3 is 2.48 bits per heavy atom. The first kappa shape index (κ1) is 18.9. The van der Waals surface area contributed by atoms with E-state index < -0.39 is 5.91 Å². The maximum absolute atomic E-state index is 11.4. The summed E-state index contributed by atoms with van der Waals surface area (Å²) in [7, 11) is 0. The molecule has 0 spiro atoms.